The third-order valence-corrected chi connectivity index (χ3v) is 5.25. The van der Waals surface area contributed by atoms with Crippen molar-refractivity contribution in [2.45, 2.75) is 44.9 Å². The molecule has 0 saturated carbocycles. The van der Waals surface area contributed by atoms with Gasteiger partial charge in [-0.15, -0.1) is 0 Å². The lowest BCUT2D eigenvalue weighted by atomic mass is 9.84. The van der Waals surface area contributed by atoms with E-state index in [0.29, 0.717) is 11.3 Å². The van der Waals surface area contributed by atoms with Gasteiger partial charge in [0.1, 0.15) is 0 Å². The van der Waals surface area contributed by atoms with Gasteiger partial charge in [0, 0.05) is 24.2 Å². The molecule has 2 heterocycles. The van der Waals surface area contributed by atoms with E-state index in [4.69, 9.17) is 4.84 Å². The second-order valence-corrected chi connectivity index (χ2v) is 7.41. The molecule has 2 aliphatic heterocycles. The summed E-state index contributed by atoms with van der Waals surface area (Å²) in [6, 6.07) is 10.6. The average molecular weight is 374 g/mol. The molecular weight excluding hydrogens is 353 g/mol. The SMILES string of the molecule is Cc1cc(C)cc(C2(C(F)(F)F)CC(c3ccc4c(c3)CCCN4)=NO2)c1. The maximum Gasteiger partial charge on any atom is 0.435 e. The van der Waals surface area contributed by atoms with Gasteiger partial charge in [0.15, 0.2) is 0 Å². The van der Waals surface area contributed by atoms with Gasteiger partial charge < -0.3 is 10.2 Å². The molecule has 27 heavy (non-hydrogen) atoms. The summed E-state index contributed by atoms with van der Waals surface area (Å²) in [6.45, 7) is 4.49. The van der Waals surface area contributed by atoms with Crippen LogP contribution in [-0.2, 0) is 16.9 Å². The van der Waals surface area contributed by atoms with Crippen LogP contribution < -0.4 is 5.32 Å². The summed E-state index contributed by atoms with van der Waals surface area (Å²) in [5.74, 6) is 0. The Morgan fingerprint density at radius 2 is 1.81 bits per heavy atom. The molecule has 0 bridgehead atoms. The lowest BCUT2D eigenvalue weighted by molar-refractivity contribution is -0.275. The molecule has 0 aromatic heterocycles. The van der Waals surface area contributed by atoms with Crippen LogP contribution in [0.1, 0.15) is 40.7 Å². The second-order valence-electron chi connectivity index (χ2n) is 7.41. The van der Waals surface area contributed by atoms with Gasteiger partial charge in [0.05, 0.1) is 5.71 Å². The number of aryl methyl sites for hydroxylation is 3. The molecular formula is C21H21F3N2O. The molecule has 0 radical (unpaired) electrons. The van der Waals surface area contributed by atoms with Crippen molar-refractivity contribution in [1.29, 1.82) is 0 Å². The molecule has 0 fully saturated rings. The average Bonchev–Trinajstić information content (AvgIpc) is 3.07. The van der Waals surface area contributed by atoms with Crippen molar-refractivity contribution in [3.05, 3.63) is 64.2 Å². The molecule has 142 valence electrons. The number of alkyl halides is 3. The van der Waals surface area contributed by atoms with Gasteiger partial charge in [-0.3, -0.25) is 0 Å². The van der Waals surface area contributed by atoms with E-state index >= 15 is 0 Å². The first-order valence-electron chi connectivity index (χ1n) is 9.06. The van der Waals surface area contributed by atoms with E-state index in [-0.39, 0.29) is 12.0 Å². The number of benzene rings is 2. The molecule has 0 saturated heterocycles. The van der Waals surface area contributed by atoms with E-state index < -0.39 is 11.8 Å². The van der Waals surface area contributed by atoms with Crippen molar-refractivity contribution in [2.24, 2.45) is 5.16 Å². The molecule has 4 rings (SSSR count). The van der Waals surface area contributed by atoms with Crippen molar-refractivity contribution in [2.75, 3.05) is 11.9 Å². The predicted molar refractivity (Wildman–Crippen MR) is 99.1 cm³/mol. The molecule has 0 aliphatic carbocycles. The van der Waals surface area contributed by atoms with Crippen molar-refractivity contribution in [3.63, 3.8) is 0 Å². The summed E-state index contributed by atoms with van der Waals surface area (Å²) >= 11 is 0. The number of nitrogens with one attached hydrogen (secondary N) is 1. The highest BCUT2D eigenvalue weighted by atomic mass is 19.4. The maximum atomic E-state index is 14.1. The van der Waals surface area contributed by atoms with Crippen molar-refractivity contribution >= 4 is 11.4 Å². The Morgan fingerprint density at radius 3 is 2.52 bits per heavy atom. The van der Waals surface area contributed by atoms with Crippen LogP contribution in [0.2, 0.25) is 0 Å². The monoisotopic (exact) mass is 374 g/mol. The zero-order chi connectivity index (χ0) is 19.2. The van der Waals surface area contributed by atoms with Crippen molar-refractivity contribution in [1.82, 2.24) is 0 Å². The number of oxime groups is 1. The van der Waals surface area contributed by atoms with Crippen LogP contribution >= 0.6 is 0 Å². The highest BCUT2D eigenvalue weighted by molar-refractivity contribution is 6.02. The van der Waals surface area contributed by atoms with Crippen molar-refractivity contribution in [3.8, 4) is 0 Å². The van der Waals surface area contributed by atoms with Gasteiger partial charge in [0.2, 0.25) is 0 Å². The van der Waals surface area contributed by atoms with Crippen LogP contribution in [0.4, 0.5) is 18.9 Å². The third-order valence-electron chi connectivity index (χ3n) is 5.25. The Bertz CT molecular complexity index is 900. The molecule has 0 spiro atoms. The largest absolute Gasteiger partial charge is 0.435 e. The zero-order valence-corrected chi connectivity index (χ0v) is 15.3. The minimum Gasteiger partial charge on any atom is -0.385 e. The number of hydrogen-bond donors (Lipinski definition) is 1. The Hall–Kier alpha value is -2.50. The summed E-state index contributed by atoms with van der Waals surface area (Å²) in [4.78, 5) is 5.16. The Balaban J connectivity index is 1.72. The Kier molecular flexibility index (Phi) is 4.17. The van der Waals surface area contributed by atoms with Crippen LogP contribution in [0.3, 0.4) is 0 Å². The number of hydrogen-bond acceptors (Lipinski definition) is 3. The van der Waals surface area contributed by atoms with E-state index in [0.717, 1.165) is 41.8 Å². The number of anilines is 1. The first-order valence-corrected chi connectivity index (χ1v) is 9.06. The predicted octanol–water partition coefficient (Wildman–Crippen LogP) is 5.24. The Morgan fingerprint density at radius 1 is 1.07 bits per heavy atom. The van der Waals surface area contributed by atoms with Gasteiger partial charge in [-0.25, -0.2) is 0 Å². The maximum absolute atomic E-state index is 14.1. The fraction of sp³-hybridized carbons (Fsp3) is 0.381. The van der Waals surface area contributed by atoms with Gasteiger partial charge in [-0.05, 0) is 49.9 Å². The molecule has 3 nitrogen and oxygen atoms in total. The molecule has 6 heteroatoms. The topological polar surface area (TPSA) is 33.6 Å². The van der Waals surface area contributed by atoms with Gasteiger partial charge in [0.25, 0.3) is 5.60 Å². The third kappa shape index (κ3) is 3.07. The zero-order valence-electron chi connectivity index (χ0n) is 15.3. The molecule has 1 unspecified atom stereocenters. The molecule has 0 amide bonds. The molecule has 2 aromatic carbocycles. The Labute approximate surface area is 156 Å². The molecule has 1 N–H and O–H groups in total. The van der Waals surface area contributed by atoms with Crippen LogP contribution in [0, 0.1) is 13.8 Å². The standard InChI is InChI=1S/C21H21F3N2O/c1-13-8-14(2)10-17(9-13)20(21(22,23)24)12-19(26-27-20)16-5-6-18-15(11-16)4-3-7-25-18/h5-6,8-11,25H,3-4,7,12H2,1-2H3. The van der Waals surface area contributed by atoms with E-state index in [9.17, 15) is 13.2 Å². The van der Waals surface area contributed by atoms with Gasteiger partial charge in [-0.2, -0.15) is 13.2 Å². The second kappa shape index (κ2) is 6.29. The van der Waals surface area contributed by atoms with Gasteiger partial charge in [-0.1, -0.05) is 40.5 Å². The van der Waals surface area contributed by atoms with E-state index in [1.165, 1.54) is 12.1 Å². The fourth-order valence-electron chi connectivity index (χ4n) is 3.92. The molecule has 2 aliphatic rings. The summed E-state index contributed by atoms with van der Waals surface area (Å²) in [7, 11) is 0. The summed E-state index contributed by atoms with van der Waals surface area (Å²) in [5.41, 5.74) is 2.38. The van der Waals surface area contributed by atoms with Crippen LogP contribution in [0.25, 0.3) is 0 Å². The molecule has 2 aromatic rings. The van der Waals surface area contributed by atoms with Gasteiger partial charge >= 0.3 is 6.18 Å². The summed E-state index contributed by atoms with van der Waals surface area (Å²) in [6.07, 6.45) is -2.99. The van der Waals surface area contributed by atoms with Crippen LogP contribution in [0.15, 0.2) is 41.6 Å². The first-order chi connectivity index (χ1) is 12.8. The van der Waals surface area contributed by atoms with E-state index in [1.54, 1.807) is 13.8 Å². The highest BCUT2D eigenvalue weighted by Gasteiger charge is 2.62. The highest BCUT2D eigenvalue weighted by Crippen LogP contribution is 2.49. The minimum atomic E-state index is -4.58. The number of halogens is 3. The lowest BCUT2D eigenvalue weighted by Crippen LogP contribution is -2.42. The quantitative estimate of drug-likeness (QED) is 0.780. The van der Waals surface area contributed by atoms with Crippen molar-refractivity contribution < 1.29 is 18.0 Å². The number of rotatable bonds is 2. The summed E-state index contributed by atoms with van der Waals surface area (Å²) < 4.78 is 42.4. The lowest BCUT2D eigenvalue weighted by Gasteiger charge is -2.30. The first kappa shape index (κ1) is 17.9. The fourth-order valence-corrected chi connectivity index (χ4v) is 3.92. The minimum absolute atomic E-state index is 0.103. The normalized spacial score (nSPS) is 21.9. The number of nitrogens with zero attached hydrogens (tertiary/aromatic N) is 1. The van der Waals surface area contributed by atoms with E-state index in [2.05, 4.69) is 10.5 Å². The van der Waals surface area contributed by atoms with Crippen LogP contribution in [-0.4, -0.2) is 18.4 Å². The number of fused-ring (bicyclic) bond motifs is 1. The smallest absolute Gasteiger partial charge is 0.385 e. The summed E-state index contributed by atoms with van der Waals surface area (Å²) in [5, 5.41) is 7.19. The van der Waals surface area contributed by atoms with E-state index in [1.807, 2.05) is 24.3 Å². The molecule has 1 atom stereocenters. The van der Waals surface area contributed by atoms with Crippen LogP contribution in [0.5, 0.6) is 0 Å².